The number of likely N-dealkylation sites (tertiary alicyclic amines) is 1. The third-order valence-corrected chi connectivity index (χ3v) is 5.86. The van der Waals surface area contributed by atoms with E-state index in [1.165, 1.54) is 0 Å². The van der Waals surface area contributed by atoms with Crippen LogP contribution in [0, 0.1) is 0 Å². The van der Waals surface area contributed by atoms with Gasteiger partial charge in [-0.05, 0) is 19.9 Å². The number of fused-ring (bicyclic) bond motifs is 1. The average molecular weight is 355 g/mol. The van der Waals surface area contributed by atoms with E-state index in [1.807, 2.05) is 11.0 Å². The van der Waals surface area contributed by atoms with Crippen molar-refractivity contribution in [3.05, 3.63) is 25.3 Å². The number of anilines is 1. The summed E-state index contributed by atoms with van der Waals surface area (Å²) >= 11 is 0. The third kappa shape index (κ3) is 2.84. The van der Waals surface area contributed by atoms with Gasteiger partial charge in [0.05, 0.1) is 6.33 Å². The third-order valence-electron chi connectivity index (χ3n) is 5.86. The number of H-pyrrole nitrogens is 1. The fourth-order valence-corrected chi connectivity index (χ4v) is 4.22. The number of rotatable bonds is 3. The topological polar surface area (TPSA) is 81.2 Å². The molecule has 0 bridgehead atoms. The number of carbonyl (C=O) groups is 1. The van der Waals surface area contributed by atoms with E-state index >= 15 is 0 Å². The Morgan fingerprint density at radius 3 is 3.00 bits per heavy atom. The molecule has 1 N–H and O–H groups in total. The normalized spacial score (nSPS) is 25.0. The van der Waals surface area contributed by atoms with Crippen molar-refractivity contribution in [2.75, 3.05) is 44.7 Å². The van der Waals surface area contributed by atoms with E-state index in [0.29, 0.717) is 18.6 Å². The number of aromatic amines is 1. The van der Waals surface area contributed by atoms with Gasteiger partial charge in [-0.25, -0.2) is 15.0 Å². The van der Waals surface area contributed by atoms with Crippen molar-refractivity contribution in [2.24, 2.45) is 0 Å². The van der Waals surface area contributed by atoms with Gasteiger partial charge in [0.25, 0.3) is 0 Å². The summed E-state index contributed by atoms with van der Waals surface area (Å²) in [6.45, 7) is 7.86. The molecule has 26 heavy (non-hydrogen) atoms. The fraction of sp³-hybridized carbons (Fsp3) is 0.556. The van der Waals surface area contributed by atoms with E-state index in [4.69, 9.17) is 0 Å². The Labute approximate surface area is 152 Å². The zero-order valence-electron chi connectivity index (χ0n) is 15.2. The first-order chi connectivity index (χ1) is 12.6. The molecule has 0 saturated carbocycles. The molecular formula is C18H25N7O. The molecule has 4 heterocycles. The first kappa shape index (κ1) is 17.0. The maximum Gasteiger partial charge on any atom is 0.222 e. The predicted octanol–water partition coefficient (Wildman–Crippen LogP) is 1.04. The molecule has 0 unspecified atom stereocenters. The van der Waals surface area contributed by atoms with Crippen LogP contribution < -0.4 is 4.90 Å². The molecule has 1 spiro atoms. The first-order valence-corrected chi connectivity index (χ1v) is 9.12. The lowest BCUT2D eigenvalue weighted by molar-refractivity contribution is -0.130. The second-order valence-corrected chi connectivity index (χ2v) is 7.24. The van der Waals surface area contributed by atoms with Crippen LogP contribution in [-0.4, -0.2) is 81.0 Å². The van der Waals surface area contributed by atoms with Crippen LogP contribution in [0.2, 0.25) is 0 Å². The molecule has 4 rings (SSSR count). The van der Waals surface area contributed by atoms with Crippen LogP contribution in [-0.2, 0) is 4.79 Å². The number of amides is 1. The number of piperazine rings is 1. The number of nitrogens with zero attached hydrogens (tertiary/aromatic N) is 6. The Bertz CT molecular complexity index is 819. The van der Waals surface area contributed by atoms with E-state index in [0.717, 1.165) is 50.4 Å². The molecule has 138 valence electrons. The molecule has 1 amide bonds. The predicted molar refractivity (Wildman–Crippen MR) is 99.9 cm³/mol. The fourth-order valence-electron chi connectivity index (χ4n) is 4.22. The largest absolute Gasteiger partial charge is 0.352 e. The summed E-state index contributed by atoms with van der Waals surface area (Å²) in [6.07, 6.45) is 7.44. The minimum absolute atomic E-state index is 0.0267. The lowest BCUT2D eigenvalue weighted by Gasteiger charge is -2.49. The maximum atomic E-state index is 12.4. The molecule has 8 nitrogen and oxygen atoms in total. The maximum absolute atomic E-state index is 12.4. The van der Waals surface area contributed by atoms with E-state index in [1.54, 1.807) is 12.7 Å². The summed E-state index contributed by atoms with van der Waals surface area (Å²) in [4.78, 5) is 35.3. The highest BCUT2D eigenvalue weighted by atomic mass is 16.2. The second kappa shape index (κ2) is 6.68. The van der Waals surface area contributed by atoms with Crippen molar-refractivity contribution >= 4 is 22.9 Å². The minimum Gasteiger partial charge on any atom is -0.352 e. The van der Waals surface area contributed by atoms with Gasteiger partial charge in [0.2, 0.25) is 5.91 Å². The van der Waals surface area contributed by atoms with E-state index in [-0.39, 0.29) is 11.4 Å². The van der Waals surface area contributed by atoms with Crippen molar-refractivity contribution in [1.29, 1.82) is 0 Å². The molecule has 2 saturated heterocycles. The molecular weight excluding hydrogens is 330 g/mol. The number of nitrogens with one attached hydrogen (secondary N) is 1. The number of hydrogen-bond donors (Lipinski definition) is 1. The molecule has 2 aliphatic rings. The van der Waals surface area contributed by atoms with Crippen LogP contribution in [0.1, 0.15) is 19.3 Å². The summed E-state index contributed by atoms with van der Waals surface area (Å²) in [6, 6.07) is 0. The molecule has 8 heteroatoms. The van der Waals surface area contributed by atoms with Crippen LogP contribution in [0.4, 0.5) is 5.82 Å². The molecule has 1 atom stereocenters. The van der Waals surface area contributed by atoms with Gasteiger partial charge in [-0.3, -0.25) is 9.69 Å². The monoisotopic (exact) mass is 355 g/mol. The molecule has 0 aromatic carbocycles. The summed E-state index contributed by atoms with van der Waals surface area (Å²) in [5.41, 5.74) is 1.54. The SMILES string of the molecule is C=CCN1CC[C@]2(CCC1=O)CN(c1ncnc3nc[nH]c13)CCN2C. The van der Waals surface area contributed by atoms with Gasteiger partial charge in [0, 0.05) is 44.7 Å². The van der Waals surface area contributed by atoms with Crippen molar-refractivity contribution in [2.45, 2.75) is 24.8 Å². The number of carbonyl (C=O) groups excluding carboxylic acids is 1. The number of aromatic nitrogens is 4. The summed E-state index contributed by atoms with van der Waals surface area (Å²) in [5, 5.41) is 0. The van der Waals surface area contributed by atoms with Gasteiger partial charge in [-0.15, -0.1) is 6.58 Å². The van der Waals surface area contributed by atoms with E-state index in [2.05, 4.69) is 43.4 Å². The van der Waals surface area contributed by atoms with Gasteiger partial charge in [-0.1, -0.05) is 6.08 Å². The van der Waals surface area contributed by atoms with Crippen LogP contribution in [0.3, 0.4) is 0 Å². The molecule has 2 aliphatic heterocycles. The zero-order chi connectivity index (χ0) is 18.1. The van der Waals surface area contributed by atoms with E-state index < -0.39 is 0 Å². The number of hydrogen-bond acceptors (Lipinski definition) is 6. The van der Waals surface area contributed by atoms with E-state index in [9.17, 15) is 4.79 Å². The lowest BCUT2D eigenvalue weighted by Crippen LogP contribution is -2.61. The molecule has 2 aromatic heterocycles. The lowest BCUT2D eigenvalue weighted by atomic mass is 9.86. The highest BCUT2D eigenvalue weighted by molar-refractivity contribution is 5.82. The van der Waals surface area contributed by atoms with Gasteiger partial charge in [0.15, 0.2) is 11.5 Å². The van der Waals surface area contributed by atoms with Gasteiger partial charge in [0.1, 0.15) is 11.8 Å². The van der Waals surface area contributed by atoms with Crippen molar-refractivity contribution in [3.8, 4) is 0 Å². The van der Waals surface area contributed by atoms with Gasteiger partial charge in [-0.2, -0.15) is 0 Å². The first-order valence-electron chi connectivity index (χ1n) is 9.12. The number of imidazole rings is 1. The van der Waals surface area contributed by atoms with Crippen molar-refractivity contribution in [1.82, 2.24) is 29.7 Å². The zero-order valence-corrected chi connectivity index (χ0v) is 15.2. The molecule has 2 fully saturated rings. The van der Waals surface area contributed by atoms with Gasteiger partial charge >= 0.3 is 0 Å². The van der Waals surface area contributed by atoms with Crippen LogP contribution >= 0.6 is 0 Å². The van der Waals surface area contributed by atoms with Crippen LogP contribution in [0.5, 0.6) is 0 Å². The highest BCUT2D eigenvalue weighted by Gasteiger charge is 2.42. The smallest absolute Gasteiger partial charge is 0.222 e. The Hall–Kier alpha value is -2.48. The molecule has 0 radical (unpaired) electrons. The number of likely N-dealkylation sites (N-methyl/N-ethyl adjacent to an activating group) is 1. The summed E-state index contributed by atoms with van der Waals surface area (Å²) in [7, 11) is 2.18. The Kier molecular flexibility index (Phi) is 4.36. The standard InChI is InChI=1S/C18H25N7O/c1-3-7-24-8-6-18(5-4-14(24)26)11-25(10-9-23(18)2)17-15-16(20-12-19-15)21-13-22-17/h3,12-13H,1,4-11H2,2H3,(H,19,20,21,22)/t18-/m1/s1. The summed E-state index contributed by atoms with van der Waals surface area (Å²) in [5.74, 6) is 1.13. The van der Waals surface area contributed by atoms with Crippen LogP contribution in [0.25, 0.3) is 11.2 Å². The van der Waals surface area contributed by atoms with Crippen LogP contribution in [0.15, 0.2) is 25.3 Å². The molecule has 2 aromatic rings. The Morgan fingerprint density at radius 1 is 1.27 bits per heavy atom. The second-order valence-electron chi connectivity index (χ2n) is 7.24. The van der Waals surface area contributed by atoms with Crippen molar-refractivity contribution in [3.63, 3.8) is 0 Å². The van der Waals surface area contributed by atoms with Gasteiger partial charge < -0.3 is 14.8 Å². The minimum atomic E-state index is -0.0267. The highest BCUT2D eigenvalue weighted by Crippen LogP contribution is 2.34. The quantitative estimate of drug-likeness (QED) is 0.829. The van der Waals surface area contributed by atoms with Crippen molar-refractivity contribution < 1.29 is 4.79 Å². The summed E-state index contributed by atoms with van der Waals surface area (Å²) < 4.78 is 0. The Morgan fingerprint density at radius 2 is 2.15 bits per heavy atom. The molecule has 0 aliphatic carbocycles. The average Bonchev–Trinajstić information content (AvgIpc) is 3.08. The Balaban J connectivity index is 1.61.